The Hall–Kier alpha value is -3.30. The van der Waals surface area contributed by atoms with Crippen LogP contribution < -0.4 is 0 Å². The van der Waals surface area contributed by atoms with Gasteiger partial charge in [-0.05, 0) is 35.9 Å². The second kappa shape index (κ2) is 7.98. The number of hydrogen-bond donors (Lipinski definition) is 0. The maximum Gasteiger partial charge on any atom is 0.271 e. The predicted molar refractivity (Wildman–Crippen MR) is 115 cm³/mol. The molecular formula is C20H14N4O3S2. The number of pyridine rings is 1. The summed E-state index contributed by atoms with van der Waals surface area (Å²) < 4.78 is 2.28. The first kappa shape index (κ1) is 19.0. The highest BCUT2D eigenvalue weighted by atomic mass is 32.2. The maximum atomic E-state index is 12.9. The van der Waals surface area contributed by atoms with Crippen molar-refractivity contribution < 1.29 is 9.72 Å². The summed E-state index contributed by atoms with van der Waals surface area (Å²) in [4.78, 5) is 29.6. The van der Waals surface area contributed by atoms with Crippen molar-refractivity contribution in [3.05, 3.63) is 93.4 Å². The minimum Gasteiger partial charge on any atom is -0.317 e. The van der Waals surface area contributed by atoms with Crippen LogP contribution in [0.25, 0.3) is 11.8 Å². The fraction of sp³-hybridized carbons (Fsp3) is 0.0500. The van der Waals surface area contributed by atoms with E-state index in [0.717, 1.165) is 11.3 Å². The fourth-order valence-corrected chi connectivity index (χ4v) is 4.19. The molecule has 3 aromatic rings. The third kappa shape index (κ3) is 3.96. The quantitative estimate of drug-likeness (QED) is 0.266. The molecule has 144 valence electrons. The number of carbonyl (C=O) groups excluding carboxylic acids is 1. The van der Waals surface area contributed by atoms with Gasteiger partial charge in [-0.2, -0.15) is 0 Å². The summed E-state index contributed by atoms with van der Waals surface area (Å²) >= 11 is 6.62. The normalized spacial score (nSPS) is 15.3. The number of amides is 1. The molecule has 1 aliphatic heterocycles. The van der Waals surface area contributed by atoms with Gasteiger partial charge in [-0.1, -0.05) is 36.1 Å². The lowest BCUT2D eigenvalue weighted by Crippen LogP contribution is -2.27. The molecule has 0 radical (unpaired) electrons. The highest BCUT2D eigenvalue weighted by Crippen LogP contribution is 2.34. The van der Waals surface area contributed by atoms with Gasteiger partial charge in [0.05, 0.1) is 22.1 Å². The number of rotatable bonds is 5. The van der Waals surface area contributed by atoms with Crippen molar-refractivity contribution >= 4 is 46.0 Å². The molecule has 0 spiro atoms. The molecular weight excluding hydrogens is 408 g/mol. The topological polar surface area (TPSA) is 81.3 Å². The SMILES string of the molecule is O=C1/C(=C/c2cccn2-c2cccc([N+](=O)[O-])c2)SC(=S)N1Cc1cccnc1. The van der Waals surface area contributed by atoms with Gasteiger partial charge in [-0.3, -0.25) is 24.8 Å². The minimum atomic E-state index is -0.434. The Balaban J connectivity index is 1.62. The van der Waals surface area contributed by atoms with Crippen molar-refractivity contribution in [1.82, 2.24) is 14.5 Å². The van der Waals surface area contributed by atoms with Gasteiger partial charge in [-0.15, -0.1) is 0 Å². The third-order valence-corrected chi connectivity index (χ3v) is 5.69. The first-order valence-corrected chi connectivity index (χ1v) is 9.82. The highest BCUT2D eigenvalue weighted by Gasteiger charge is 2.32. The third-order valence-electron chi connectivity index (χ3n) is 4.32. The lowest BCUT2D eigenvalue weighted by atomic mass is 10.2. The maximum absolute atomic E-state index is 12.9. The van der Waals surface area contributed by atoms with Crippen molar-refractivity contribution in [2.45, 2.75) is 6.54 Å². The van der Waals surface area contributed by atoms with E-state index >= 15 is 0 Å². The number of hydrogen-bond acceptors (Lipinski definition) is 6. The predicted octanol–water partition coefficient (Wildman–Crippen LogP) is 4.18. The molecule has 4 rings (SSSR count). The van der Waals surface area contributed by atoms with E-state index in [-0.39, 0.29) is 11.6 Å². The lowest BCUT2D eigenvalue weighted by molar-refractivity contribution is -0.384. The van der Waals surface area contributed by atoms with Gasteiger partial charge >= 0.3 is 0 Å². The summed E-state index contributed by atoms with van der Waals surface area (Å²) in [6, 6.07) is 13.7. The molecule has 1 fully saturated rings. The second-order valence-corrected chi connectivity index (χ2v) is 7.88. The van der Waals surface area contributed by atoms with Crippen LogP contribution in [-0.2, 0) is 11.3 Å². The number of nitro groups is 1. The molecule has 1 aromatic carbocycles. The summed E-state index contributed by atoms with van der Waals surface area (Å²) in [5, 5.41) is 11.1. The van der Waals surface area contributed by atoms with Gasteiger partial charge in [0.15, 0.2) is 0 Å². The lowest BCUT2D eigenvalue weighted by Gasteiger charge is -2.13. The summed E-state index contributed by atoms with van der Waals surface area (Å²) in [6.07, 6.45) is 6.92. The number of benzene rings is 1. The molecule has 9 heteroatoms. The van der Waals surface area contributed by atoms with Crippen LogP contribution in [0, 0.1) is 10.1 Å². The summed E-state index contributed by atoms with van der Waals surface area (Å²) in [7, 11) is 0. The van der Waals surface area contributed by atoms with E-state index in [2.05, 4.69) is 4.98 Å². The Morgan fingerprint density at radius 1 is 1.21 bits per heavy atom. The van der Waals surface area contributed by atoms with E-state index in [1.54, 1.807) is 46.3 Å². The Kier molecular flexibility index (Phi) is 5.24. The van der Waals surface area contributed by atoms with Crippen molar-refractivity contribution in [3.63, 3.8) is 0 Å². The van der Waals surface area contributed by atoms with Crippen LogP contribution in [0.2, 0.25) is 0 Å². The molecule has 0 atom stereocenters. The van der Waals surface area contributed by atoms with Crippen LogP contribution in [0.5, 0.6) is 0 Å². The standard InChI is InChI=1S/C20H14N4O3S2/c25-19-18(29-20(28)23(19)13-14-4-2-8-21-12-14)11-16-7-3-9-22(16)15-5-1-6-17(10-15)24(26)27/h1-12H,13H2/b18-11-. The fourth-order valence-electron chi connectivity index (χ4n) is 2.95. The number of non-ortho nitro benzene ring substituents is 1. The molecule has 0 N–H and O–H groups in total. The molecule has 0 aliphatic carbocycles. The van der Waals surface area contributed by atoms with E-state index in [1.165, 1.54) is 23.9 Å². The zero-order valence-corrected chi connectivity index (χ0v) is 16.6. The largest absolute Gasteiger partial charge is 0.317 e. The molecule has 0 unspecified atom stereocenters. The van der Waals surface area contributed by atoms with Gasteiger partial charge in [0.2, 0.25) is 0 Å². The summed E-state index contributed by atoms with van der Waals surface area (Å²) in [6.45, 7) is 0.363. The minimum absolute atomic E-state index is 0.00458. The highest BCUT2D eigenvalue weighted by molar-refractivity contribution is 8.26. The Labute approximate surface area is 175 Å². The van der Waals surface area contributed by atoms with E-state index < -0.39 is 4.92 Å². The molecule has 0 bridgehead atoms. The van der Waals surface area contributed by atoms with Gasteiger partial charge in [0.1, 0.15) is 4.32 Å². The average Bonchev–Trinajstić information content (AvgIpc) is 3.29. The van der Waals surface area contributed by atoms with Crippen LogP contribution in [-0.4, -0.2) is 29.6 Å². The van der Waals surface area contributed by atoms with Crippen molar-refractivity contribution in [2.24, 2.45) is 0 Å². The Morgan fingerprint density at radius 2 is 2.07 bits per heavy atom. The number of nitro benzene ring substituents is 1. The van der Waals surface area contributed by atoms with Crippen molar-refractivity contribution in [1.29, 1.82) is 0 Å². The van der Waals surface area contributed by atoms with E-state index in [1.807, 2.05) is 24.3 Å². The van der Waals surface area contributed by atoms with Crippen molar-refractivity contribution in [2.75, 3.05) is 0 Å². The van der Waals surface area contributed by atoms with Crippen LogP contribution in [0.15, 0.2) is 72.0 Å². The van der Waals surface area contributed by atoms with Crippen LogP contribution in [0.1, 0.15) is 11.3 Å². The van der Waals surface area contributed by atoms with E-state index in [0.29, 0.717) is 21.5 Å². The molecule has 1 saturated heterocycles. The smallest absolute Gasteiger partial charge is 0.271 e. The average molecular weight is 422 g/mol. The number of thiocarbonyl (C=S) groups is 1. The van der Waals surface area contributed by atoms with Gasteiger partial charge in [0, 0.05) is 36.4 Å². The molecule has 29 heavy (non-hydrogen) atoms. The Morgan fingerprint density at radius 3 is 2.83 bits per heavy atom. The molecule has 0 saturated carbocycles. The number of thioether (sulfide) groups is 1. The van der Waals surface area contributed by atoms with Crippen molar-refractivity contribution in [3.8, 4) is 5.69 Å². The van der Waals surface area contributed by atoms with Gasteiger partial charge in [-0.25, -0.2) is 0 Å². The van der Waals surface area contributed by atoms with E-state index in [4.69, 9.17) is 12.2 Å². The molecule has 1 amide bonds. The molecule has 3 heterocycles. The number of carbonyl (C=O) groups is 1. The van der Waals surface area contributed by atoms with E-state index in [9.17, 15) is 14.9 Å². The van der Waals surface area contributed by atoms with Crippen LogP contribution in [0.4, 0.5) is 5.69 Å². The number of nitrogens with zero attached hydrogens (tertiary/aromatic N) is 4. The first-order chi connectivity index (χ1) is 14.0. The monoisotopic (exact) mass is 422 g/mol. The van der Waals surface area contributed by atoms with Gasteiger partial charge < -0.3 is 4.57 Å². The first-order valence-electron chi connectivity index (χ1n) is 8.59. The summed E-state index contributed by atoms with van der Waals surface area (Å²) in [5.74, 6) is -0.171. The van der Waals surface area contributed by atoms with Gasteiger partial charge in [0.25, 0.3) is 11.6 Å². The molecule has 7 nitrogen and oxygen atoms in total. The van der Waals surface area contributed by atoms with Crippen LogP contribution in [0.3, 0.4) is 0 Å². The zero-order valence-electron chi connectivity index (χ0n) is 15.0. The summed E-state index contributed by atoms with van der Waals surface area (Å²) in [5.41, 5.74) is 2.27. The number of aromatic nitrogens is 2. The molecule has 2 aromatic heterocycles. The Bertz CT molecular complexity index is 1140. The zero-order chi connectivity index (χ0) is 20.4. The van der Waals surface area contributed by atoms with Crippen LogP contribution >= 0.6 is 24.0 Å². The second-order valence-electron chi connectivity index (χ2n) is 6.21. The molecule has 1 aliphatic rings.